The highest BCUT2D eigenvalue weighted by molar-refractivity contribution is 5.73. The van der Waals surface area contributed by atoms with Crippen molar-refractivity contribution < 1.29 is 50.9 Å². The van der Waals surface area contributed by atoms with Gasteiger partial charge in [-0.25, -0.2) is 9.59 Å². The van der Waals surface area contributed by atoms with Gasteiger partial charge in [0.25, 0.3) is 0 Å². The summed E-state index contributed by atoms with van der Waals surface area (Å²) in [5, 5.41) is 17.8. The van der Waals surface area contributed by atoms with E-state index in [2.05, 4.69) is 47.6 Å². The molecule has 1 aliphatic rings. The SMILES string of the molecule is Cc1cccc(C[C@H]2CNCC[C@H]2OCc2cccnc2)c1.O=C(O)C(F)(F)F.O=C(O)C(F)(F)F. The van der Waals surface area contributed by atoms with Crippen molar-refractivity contribution in [1.29, 1.82) is 0 Å². The summed E-state index contributed by atoms with van der Waals surface area (Å²) in [4.78, 5) is 21.9. The third kappa shape index (κ3) is 12.5. The van der Waals surface area contributed by atoms with Gasteiger partial charge in [0.1, 0.15) is 0 Å². The van der Waals surface area contributed by atoms with Crippen LogP contribution in [0.5, 0.6) is 0 Å². The molecule has 1 fully saturated rings. The number of piperidine rings is 1. The van der Waals surface area contributed by atoms with E-state index in [1.54, 1.807) is 6.20 Å². The molecule has 1 aromatic carbocycles. The van der Waals surface area contributed by atoms with Crippen molar-refractivity contribution in [2.24, 2.45) is 5.92 Å². The van der Waals surface area contributed by atoms with E-state index < -0.39 is 24.3 Å². The number of hydrogen-bond donors (Lipinski definition) is 3. The van der Waals surface area contributed by atoms with Crippen LogP contribution < -0.4 is 5.32 Å². The van der Waals surface area contributed by atoms with Crippen LogP contribution in [-0.4, -0.2) is 58.7 Å². The van der Waals surface area contributed by atoms with Gasteiger partial charge in [0.15, 0.2) is 0 Å². The molecule has 1 aliphatic heterocycles. The highest BCUT2D eigenvalue weighted by Gasteiger charge is 2.38. The Kier molecular flexibility index (Phi) is 12.3. The van der Waals surface area contributed by atoms with Gasteiger partial charge < -0.3 is 20.3 Å². The first-order valence-electron chi connectivity index (χ1n) is 10.6. The summed E-state index contributed by atoms with van der Waals surface area (Å²) in [6, 6.07) is 12.8. The molecule has 0 aliphatic carbocycles. The summed E-state index contributed by atoms with van der Waals surface area (Å²) in [5.74, 6) is -4.98. The molecule has 2 atom stereocenters. The molecule has 1 aromatic heterocycles. The molecular weight excluding hydrogens is 498 g/mol. The van der Waals surface area contributed by atoms with Crippen molar-refractivity contribution in [3.05, 3.63) is 65.5 Å². The summed E-state index contributed by atoms with van der Waals surface area (Å²) < 4.78 is 69.7. The van der Waals surface area contributed by atoms with E-state index in [0.29, 0.717) is 18.6 Å². The van der Waals surface area contributed by atoms with Gasteiger partial charge in [-0.1, -0.05) is 35.9 Å². The van der Waals surface area contributed by atoms with Crippen LogP contribution in [0.1, 0.15) is 23.1 Å². The molecule has 0 unspecified atom stereocenters. The Balaban J connectivity index is 0.000000383. The third-order valence-corrected chi connectivity index (χ3v) is 4.79. The molecule has 0 saturated carbocycles. The smallest absolute Gasteiger partial charge is 0.475 e. The largest absolute Gasteiger partial charge is 0.490 e. The molecule has 3 N–H and O–H groups in total. The molecule has 2 heterocycles. The van der Waals surface area contributed by atoms with Gasteiger partial charge in [0.2, 0.25) is 0 Å². The number of carbonyl (C=O) groups is 2. The first-order valence-corrected chi connectivity index (χ1v) is 10.6. The first kappa shape index (κ1) is 30.8. The number of nitrogens with one attached hydrogen (secondary N) is 1. The molecule has 0 amide bonds. The summed E-state index contributed by atoms with van der Waals surface area (Å²) in [5.41, 5.74) is 3.88. The summed E-state index contributed by atoms with van der Waals surface area (Å²) >= 11 is 0. The van der Waals surface area contributed by atoms with Crippen LogP contribution in [-0.2, 0) is 27.4 Å². The Morgan fingerprint density at radius 2 is 1.61 bits per heavy atom. The van der Waals surface area contributed by atoms with Gasteiger partial charge in [-0.2, -0.15) is 26.3 Å². The molecule has 3 rings (SSSR count). The van der Waals surface area contributed by atoms with Crippen molar-refractivity contribution in [2.75, 3.05) is 13.1 Å². The molecule has 0 bridgehead atoms. The molecule has 0 spiro atoms. The van der Waals surface area contributed by atoms with Gasteiger partial charge in [0.05, 0.1) is 12.7 Å². The summed E-state index contributed by atoms with van der Waals surface area (Å²) in [6.45, 7) is 4.88. The number of hydrogen-bond acceptors (Lipinski definition) is 5. The molecule has 200 valence electrons. The Morgan fingerprint density at radius 1 is 1.03 bits per heavy atom. The molecule has 1 saturated heterocycles. The number of ether oxygens (including phenoxy) is 1. The van der Waals surface area contributed by atoms with Crippen molar-refractivity contribution in [1.82, 2.24) is 10.3 Å². The van der Waals surface area contributed by atoms with Crippen LogP contribution in [0.25, 0.3) is 0 Å². The lowest BCUT2D eigenvalue weighted by Gasteiger charge is -2.32. The van der Waals surface area contributed by atoms with Crippen molar-refractivity contribution in [3.8, 4) is 0 Å². The van der Waals surface area contributed by atoms with Gasteiger partial charge >= 0.3 is 24.3 Å². The normalized spacial score (nSPS) is 17.6. The summed E-state index contributed by atoms with van der Waals surface area (Å²) in [7, 11) is 0. The maximum atomic E-state index is 10.6. The van der Waals surface area contributed by atoms with E-state index in [1.807, 2.05) is 12.3 Å². The zero-order valence-corrected chi connectivity index (χ0v) is 19.1. The second-order valence-corrected chi connectivity index (χ2v) is 7.76. The number of pyridine rings is 1. The Morgan fingerprint density at radius 3 is 2.11 bits per heavy atom. The van der Waals surface area contributed by atoms with E-state index in [1.165, 1.54) is 11.1 Å². The maximum absolute atomic E-state index is 10.6. The fraction of sp³-hybridized carbons (Fsp3) is 0.435. The average Bonchev–Trinajstić information content (AvgIpc) is 2.79. The first-order chi connectivity index (χ1) is 16.7. The number of alkyl halides is 6. The van der Waals surface area contributed by atoms with E-state index in [0.717, 1.165) is 31.5 Å². The number of aliphatic carboxylic acids is 2. The Hall–Kier alpha value is -3.19. The minimum absolute atomic E-state index is 0.321. The predicted octanol–water partition coefficient (Wildman–Crippen LogP) is 4.39. The topological polar surface area (TPSA) is 109 Å². The van der Waals surface area contributed by atoms with E-state index in [-0.39, 0.29) is 0 Å². The average molecular weight is 524 g/mol. The lowest BCUT2D eigenvalue weighted by atomic mass is 9.89. The second kappa shape index (κ2) is 14.4. The highest BCUT2D eigenvalue weighted by atomic mass is 19.4. The van der Waals surface area contributed by atoms with E-state index in [4.69, 9.17) is 24.5 Å². The minimum atomic E-state index is -5.08. The highest BCUT2D eigenvalue weighted by Crippen LogP contribution is 2.22. The van der Waals surface area contributed by atoms with Crippen LogP contribution in [0, 0.1) is 12.8 Å². The number of aromatic nitrogens is 1. The van der Waals surface area contributed by atoms with Crippen molar-refractivity contribution in [3.63, 3.8) is 0 Å². The Bertz CT molecular complexity index is 930. The monoisotopic (exact) mass is 524 g/mol. The number of aryl methyl sites for hydroxylation is 1. The number of carboxylic acids is 2. The zero-order valence-electron chi connectivity index (χ0n) is 19.1. The number of nitrogens with zero attached hydrogens (tertiary/aromatic N) is 1. The number of halogens is 6. The quantitative estimate of drug-likeness (QED) is 0.498. The van der Waals surface area contributed by atoms with Gasteiger partial charge in [0, 0.05) is 24.9 Å². The lowest BCUT2D eigenvalue weighted by molar-refractivity contribution is -0.193. The lowest BCUT2D eigenvalue weighted by Crippen LogP contribution is -2.42. The molecule has 2 aromatic rings. The standard InChI is InChI=1S/C19H24N2O.2C2HF3O2/c1-15-4-2-5-16(10-15)11-18-13-21-9-7-19(18)22-14-17-6-3-8-20-12-17;2*3-2(4,5)1(6)7/h2-6,8,10,12,18-19,21H,7,9,11,13-14H2,1H3;2*(H,6,7)/t18-,19+;;/m0../s1. The van der Waals surface area contributed by atoms with Gasteiger partial charge in [-0.15, -0.1) is 0 Å². The molecule has 13 heteroatoms. The number of rotatable bonds is 5. The number of carboxylic acid groups (broad SMARTS) is 2. The maximum Gasteiger partial charge on any atom is 0.490 e. The van der Waals surface area contributed by atoms with Crippen LogP contribution in [0.15, 0.2) is 48.8 Å². The zero-order chi connectivity index (χ0) is 27.4. The Labute approximate surface area is 203 Å². The van der Waals surface area contributed by atoms with Crippen molar-refractivity contribution >= 4 is 11.9 Å². The van der Waals surface area contributed by atoms with Crippen LogP contribution >= 0.6 is 0 Å². The van der Waals surface area contributed by atoms with Crippen LogP contribution in [0.4, 0.5) is 26.3 Å². The summed E-state index contributed by atoms with van der Waals surface area (Å²) in [6.07, 6.45) is -4.00. The molecule has 36 heavy (non-hydrogen) atoms. The second-order valence-electron chi connectivity index (χ2n) is 7.76. The minimum Gasteiger partial charge on any atom is -0.475 e. The van der Waals surface area contributed by atoms with E-state index >= 15 is 0 Å². The molecular formula is C23H26F6N2O5. The third-order valence-electron chi connectivity index (χ3n) is 4.79. The predicted molar refractivity (Wildman–Crippen MR) is 116 cm³/mol. The van der Waals surface area contributed by atoms with Gasteiger partial charge in [-0.05, 0) is 43.5 Å². The van der Waals surface area contributed by atoms with E-state index in [9.17, 15) is 26.3 Å². The molecule has 7 nitrogen and oxygen atoms in total. The van der Waals surface area contributed by atoms with Crippen LogP contribution in [0.3, 0.4) is 0 Å². The number of benzene rings is 1. The fourth-order valence-corrected chi connectivity index (χ4v) is 3.15. The van der Waals surface area contributed by atoms with Crippen molar-refractivity contribution in [2.45, 2.75) is 44.8 Å². The van der Waals surface area contributed by atoms with Crippen LogP contribution in [0.2, 0.25) is 0 Å². The molecule has 0 radical (unpaired) electrons. The fourth-order valence-electron chi connectivity index (χ4n) is 3.15. The van der Waals surface area contributed by atoms with Gasteiger partial charge in [-0.3, -0.25) is 4.98 Å².